The molecule has 2 fully saturated rings. The van der Waals surface area contributed by atoms with Crippen molar-refractivity contribution in [3.8, 4) is 11.5 Å². The Morgan fingerprint density at radius 2 is 1.56 bits per heavy atom. The Bertz CT molecular complexity index is 909. The normalized spacial score (nSPS) is 18.1. The van der Waals surface area contributed by atoms with Crippen LogP contribution in [0.4, 0.5) is 0 Å². The molecular formula is C29H40N2O3. The third-order valence-corrected chi connectivity index (χ3v) is 7.56. The number of rotatable bonds is 9. The van der Waals surface area contributed by atoms with E-state index < -0.39 is 0 Å². The highest BCUT2D eigenvalue weighted by atomic mass is 16.5. The Morgan fingerprint density at radius 3 is 2.24 bits per heavy atom. The van der Waals surface area contributed by atoms with E-state index in [1.54, 1.807) is 0 Å². The Labute approximate surface area is 205 Å². The second kappa shape index (κ2) is 11.7. The lowest BCUT2D eigenvalue weighted by Crippen LogP contribution is -2.48. The van der Waals surface area contributed by atoms with Gasteiger partial charge in [0, 0.05) is 30.8 Å². The van der Waals surface area contributed by atoms with Gasteiger partial charge in [0.2, 0.25) is 0 Å². The van der Waals surface area contributed by atoms with E-state index >= 15 is 0 Å². The van der Waals surface area contributed by atoms with Gasteiger partial charge in [-0.1, -0.05) is 31.5 Å². The minimum absolute atomic E-state index is 0.153. The van der Waals surface area contributed by atoms with E-state index in [-0.39, 0.29) is 5.91 Å². The Hall–Kier alpha value is -2.53. The van der Waals surface area contributed by atoms with Crippen LogP contribution in [0.25, 0.3) is 0 Å². The number of nitrogens with zero attached hydrogens (tertiary/aromatic N) is 2. The maximum atomic E-state index is 13.0. The van der Waals surface area contributed by atoms with Gasteiger partial charge in [-0.2, -0.15) is 0 Å². The molecule has 0 bridgehead atoms. The fourth-order valence-electron chi connectivity index (χ4n) is 5.25. The first-order valence-electron chi connectivity index (χ1n) is 13.1. The SMILES string of the molecule is CCCCOc1ccc(C(=O)N2CCC3(CCN(Cc4ccccc4OCC)CC3)CC2)cc1. The highest BCUT2D eigenvalue weighted by Gasteiger charge is 2.38. The number of benzene rings is 2. The van der Waals surface area contributed by atoms with Crippen molar-refractivity contribution in [1.82, 2.24) is 9.80 Å². The molecule has 2 aliphatic rings. The van der Waals surface area contributed by atoms with E-state index in [1.807, 2.05) is 42.2 Å². The summed E-state index contributed by atoms with van der Waals surface area (Å²) in [5.74, 6) is 2.01. The van der Waals surface area contributed by atoms with Crippen LogP contribution in [0.15, 0.2) is 48.5 Å². The van der Waals surface area contributed by atoms with Gasteiger partial charge in [0.05, 0.1) is 13.2 Å². The summed E-state index contributed by atoms with van der Waals surface area (Å²) in [6.07, 6.45) is 6.83. The molecule has 184 valence electrons. The summed E-state index contributed by atoms with van der Waals surface area (Å²) in [6, 6.07) is 16.1. The zero-order valence-corrected chi connectivity index (χ0v) is 20.9. The molecule has 34 heavy (non-hydrogen) atoms. The zero-order valence-electron chi connectivity index (χ0n) is 20.9. The Morgan fingerprint density at radius 1 is 0.882 bits per heavy atom. The standard InChI is InChI=1S/C29H40N2O3/c1-3-5-22-34-26-12-10-24(11-13-26)28(32)31-20-16-29(17-21-31)14-18-30(19-15-29)23-25-8-6-7-9-27(25)33-4-2/h6-13H,3-5,14-23H2,1-2H3. The van der Waals surface area contributed by atoms with Crippen molar-refractivity contribution in [2.45, 2.75) is 58.9 Å². The number of hydrogen-bond acceptors (Lipinski definition) is 4. The summed E-state index contributed by atoms with van der Waals surface area (Å²) in [6.45, 7) is 10.5. The molecule has 5 nitrogen and oxygen atoms in total. The molecule has 0 aliphatic carbocycles. The molecule has 2 aromatic rings. The number of unbranched alkanes of at least 4 members (excludes halogenated alkanes) is 1. The molecular weight excluding hydrogens is 424 g/mol. The third-order valence-electron chi connectivity index (χ3n) is 7.56. The van der Waals surface area contributed by atoms with Gasteiger partial charge >= 0.3 is 0 Å². The van der Waals surface area contributed by atoms with Crippen LogP contribution in [0.1, 0.15) is 68.3 Å². The molecule has 2 saturated heterocycles. The second-order valence-corrected chi connectivity index (χ2v) is 9.84. The minimum Gasteiger partial charge on any atom is -0.494 e. The van der Waals surface area contributed by atoms with Crippen LogP contribution in [0.3, 0.4) is 0 Å². The van der Waals surface area contributed by atoms with Gasteiger partial charge < -0.3 is 14.4 Å². The highest BCUT2D eigenvalue weighted by molar-refractivity contribution is 5.94. The predicted molar refractivity (Wildman–Crippen MR) is 137 cm³/mol. The molecule has 0 aromatic heterocycles. The summed E-state index contributed by atoms with van der Waals surface area (Å²) in [5, 5.41) is 0. The number of carbonyl (C=O) groups excluding carboxylic acids is 1. The van der Waals surface area contributed by atoms with Crippen LogP contribution in [0.2, 0.25) is 0 Å². The number of carbonyl (C=O) groups is 1. The van der Waals surface area contributed by atoms with E-state index in [2.05, 4.69) is 30.0 Å². The number of ether oxygens (including phenoxy) is 2. The fourth-order valence-corrected chi connectivity index (χ4v) is 5.25. The van der Waals surface area contributed by atoms with Gasteiger partial charge in [-0.05, 0) is 87.9 Å². The number of para-hydroxylation sites is 1. The first kappa shape index (κ1) is 24.6. The molecule has 2 aromatic carbocycles. The van der Waals surface area contributed by atoms with Gasteiger partial charge in [-0.15, -0.1) is 0 Å². The van der Waals surface area contributed by atoms with E-state index in [1.165, 1.54) is 18.4 Å². The Balaban J connectivity index is 1.25. The monoisotopic (exact) mass is 464 g/mol. The van der Waals surface area contributed by atoms with Crippen molar-refractivity contribution < 1.29 is 14.3 Å². The van der Waals surface area contributed by atoms with Crippen LogP contribution >= 0.6 is 0 Å². The van der Waals surface area contributed by atoms with Gasteiger partial charge in [0.15, 0.2) is 0 Å². The second-order valence-electron chi connectivity index (χ2n) is 9.84. The topological polar surface area (TPSA) is 42.0 Å². The smallest absolute Gasteiger partial charge is 0.253 e. The highest BCUT2D eigenvalue weighted by Crippen LogP contribution is 2.42. The van der Waals surface area contributed by atoms with Gasteiger partial charge in [0.25, 0.3) is 5.91 Å². The molecule has 0 atom stereocenters. The van der Waals surface area contributed by atoms with Crippen LogP contribution in [0, 0.1) is 5.41 Å². The van der Waals surface area contributed by atoms with Crippen molar-refractivity contribution >= 4 is 5.91 Å². The summed E-state index contributed by atoms with van der Waals surface area (Å²) in [5.41, 5.74) is 2.44. The summed E-state index contributed by atoms with van der Waals surface area (Å²) in [7, 11) is 0. The molecule has 2 heterocycles. The minimum atomic E-state index is 0.153. The average molecular weight is 465 g/mol. The first-order chi connectivity index (χ1) is 16.6. The molecule has 4 rings (SSSR count). The summed E-state index contributed by atoms with van der Waals surface area (Å²) >= 11 is 0. The van der Waals surface area contributed by atoms with Crippen molar-refractivity contribution in [2.75, 3.05) is 39.4 Å². The number of amides is 1. The first-order valence-corrected chi connectivity index (χ1v) is 13.1. The molecule has 0 N–H and O–H groups in total. The van der Waals surface area contributed by atoms with Crippen molar-refractivity contribution in [2.24, 2.45) is 5.41 Å². The van der Waals surface area contributed by atoms with Gasteiger partial charge in [0.1, 0.15) is 11.5 Å². The van der Waals surface area contributed by atoms with Gasteiger partial charge in [-0.25, -0.2) is 0 Å². The van der Waals surface area contributed by atoms with Gasteiger partial charge in [-0.3, -0.25) is 9.69 Å². The molecule has 0 saturated carbocycles. The summed E-state index contributed by atoms with van der Waals surface area (Å²) < 4.78 is 11.5. The van der Waals surface area contributed by atoms with Crippen molar-refractivity contribution in [1.29, 1.82) is 0 Å². The van der Waals surface area contributed by atoms with E-state index in [0.717, 1.165) is 82.1 Å². The maximum absolute atomic E-state index is 13.0. The van der Waals surface area contributed by atoms with Crippen molar-refractivity contribution in [3.63, 3.8) is 0 Å². The van der Waals surface area contributed by atoms with Crippen LogP contribution in [-0.2, 0) is 6.54 Å². The fraction of sp³-hybridized carbons (Fsp3) is 0.552. The quantitative estimate of drug-likeness (QED) is 0.441. The number of likely N-dealkylation sites (tertiary alicyclic amines) is 2. The predicted octanol–water partition coefficient (Wildman–Crippen LogP) is 5.78. The molecule has 0 radical (unpaired) electrons. The van der Waals surface area contributed by atoms with E-state index in [0.29, 0.717) is 12.0 Å². The lowest BCUT2D eigenvalue weighted by atomic mass is 9.71. The van der Waals surface area contributed by atoms with Crippen LogP contribution in [0.5, 0.6) is 11.5 Å². The molecule has 5 heteroatoms. The lowest BCUT2D eigenvalue weighted by Gasteiger charge is -2.47. The zero-order chi connectivity index (χ0) is 23.8. The number of piperidine rings is 2. The van der Waals surface area contributed by atoms with E-state index in [4.69, 9.17) is 9.47 Å². The maximum Gasteiger partial charge on any atom is 0.253 e. The third kappa shape index (κ3) is 6.12. The van der Waals surface area contributed by atoms with Crippen LogP contribution in [-0.4, -0.2) is 55.1 Å². The van der Waals surface area contributed by atoms with Crippen LogP contribution < -0.4 is 9.47 Å². The summed E-state index contributed by atoms with van der Waals surface area (Å²) in [4.78, 5) is 17.7. The average Bonchev–Trinajstić information content (AvgIpc) is 2.88. The molecule has 1 amide bonds. The molecule has 0 unspecified atom stereocenters. The lowest BCUT2D eigenvalue weighted by molar-refractivity contribution is 0.0283. The van der Waals surface area contributed by atoms with Crippen molar-refractivity contribution in [3.05, 3.63) is 59.7 Å². The van der Waals surface area contributed by atoms with E-state index in [9.17, 15) is 4.79 Å². The Kier molecular flexibility index (Phi) is 8.49. The molecule has 2 aliphatic heterocycles. The largest absolute Gasteiger partial charge is 0.494 e. The number of hydrogen-bond donors (Lipinski definition) is 0. The molecule has 1 spiro atoms.